The van der Waals surface area contributed by atoms with E-state index < -0.39 is 0 Å². The third-order valence-electron chi connectivity index (χ3n) is 3.86. The minimum Gasteiger partial charge on any atom is -0.480 e. The first-order chi connectivity index (χ1) is 12.1. The van der Waals surface area contributed by atoms with Crippen molar-refractivity contribution in [2.75, 3.05) is 20.2 Å². The molecule has 0 bridgehead atoms. The van der Waals surface area contributed by atoms with Gasteiger partial charge in [-0.1, -0.05) is 23.7 Å². The molecule has 130 valence electrons. The molecule has 2 heterocycles. The Morgan fingerprint density at radius 2 is 1.92 bits per heavy atom. The predicted molar refractivity (Wildman–Crippen MR) is 94.7 cm³/mol. The summed E-state index contributed by atoms with van der Waals surface area (Å²) >= 11 is 5.85. The largest absolute Gasteiger partial charge is 0.480 e. The number of methoxy groups -OCH3 is 1. The monoisotopic (exact) mass is 359 g/mol. The second kappa shape index (κ2) is 7.98. The Kier molecular flexibility index (Phi) is 5.50. The predicted octanol–water partition coefficient (Wildman–Crippen LogP) is 2.83. The number of rotatable bonds is 5. The zero-order valence-electron chi connectivity index (χ0n) is 13.8. The van der Waals surface area contributed by atoms with Crippen molar-refractivity contribution < 1.29 is 14.3 Å². The lowest BCUT2D eigenvalue weighted by Gasteiger charge is -2.15. The van der Waals surface area contributed by atoms with Crippen LogP contribution in [-0.4, -0.2) is 47.3 Å². The first-order valence-electron chi connectivity index (χ1n) is 7.91. The van der Waals surface area contributed by atoms with Crippen LogP contribution in [0.1, 0.15) is 12.0 Å². The Morgan fingerprint density at radius 3 is 2.60 bits per heavy atom. The number of carbonyl (C=O) groups excluding carboxylic acids is 1. The van der Waals surface area contributed by atoms with Gasteiger partial charge in [0.15, 0.2) is 0 Å². The average molecular weight is 360 g/mol. The highest BCUT2D eigenvalue weighted by atomic mass is 35.5. The van der Waals surface area contributed by atoms with Gasteiger partial charge >= 0.3 is 0 Å². The van der Waals surface area contributed by atoms with Crippen molar-refractivity contribution >= 4 is 23.6 Å². The molecule has 1 aliphatic heterocycles. The molecule has 0 spiro atoms. The molecule has 0 saturated carbocycles. The van der Waals surface area contributed by atoms with E-state index in [9.17, 15) is 4.79 Å². The Hall–Kier alpha value is -2.60. The number of aromatic nitrogens is 2. The molecule has 6 nitrogen and oxygen atoms in total. The number of halogens is 1. The smallest absolute Gasteiger partial charge is 0.246 e. The molecule has 1 aromatic carbocycles. The van der Waals surface area contributed by atoms with Gasteiger partial charge in [-0.3, -0.25) is 4.79 Å². The van der Waals surface area contributed by atoms with Gasteiger partial charge in [0.25, 0.3) is 0 Å². The van der Waals surface area contributed by atoms with Crippen molar-refractivity contribution in [3.05, 3.63) is 53.1 Å². The molecule has 0 radical (unpaired) electrons. The van der Waals surface area contributed by atoms with Crippen LogP contribution in [0.2, 0.25) is 5.02 Å². The number of hydrogen-bond acceptors (Lipinski definition) is 5. The maximum absolute atomic E-state index is 12.3. The van der Waals surface area contributed by atoms with Crippen molar-refractivity contribution in [1.82, 2.24) is 15.1 Å². The molecule has 7 heteroatoms. The second-order valence-electron chi connectivity index (χ2n) is 5.61. The van der Waals surface area contributed by atoms with Crippen LogP contribution in [0, 0.1) is 0 Å². The normalized spacial score (nSPS) is 17.0. The lowest BCUT2D eigenvalue weighted by molar-refractivity contribution is -0.125. The minimum absolute atomic E-state index is 0.0399. The topological polar surface area (TPSA) is 64.6 Å². The summed E-state index contributed by atoms with van der Waals surface area (Å²) in [5.41, 5.74) is 0.929. The molecule has 0 N–H and O–H groups in total. The number of ether oxygens (including phenoxy) is 2. The minimum atomic E-state index is -0.0874. The summed E-state index contributed by atoms with van der Waals surface area (Å²) in [6.45, 7) is 1.18. The van der Waals surface area contributed by atoms with E-state index in [-0.39, 0.29) is 12.0 Å². The summed E-state index contributed by atoms with van der Waals surface area (Å²) in [5, 5.41) is 8.48. The summed E-state index contributed by atoms with van der Waals surface area (Å²) in [4.78, 5) is 14.0. The molecule has 3 rings (SSSR count). The first-order valence-corrected chi connectivity index (χ1v) is 8.29. The highest BCUT2D eigenvalue weighted by Crippen LogP contribution is 2.18. The van der Waals surface area contributed by atoms with Gasteiger partial charge < -0.3 is 14.4 Å². The van der Waals surface area contributed by atoms with Crippen molar-refractivity contribution in [2.45, 2.75) is 12.5 Å². The van der Waals surface area contributed by atoms with Crippen LogP contribution < -0.4 is 9.47 Å². The van der Waals surface area contributed by atoms with Gasteiger partial charge in [0, 0.05) is 36.2 Å². The Balaban J connectivity index is 1.52. The van der Waals surface area contributed by atoms with Gasteiger partial charge in [0.05, 0.1) is 13.7 Å². The fourth-order valence-corrected chi connectivity index (χ4v) is 2.65. The average Bonchev–Trinajstić information content (AvgIpc) is 3.10. The van der Waals surface area contributed by atoms with Crippen molar-refractivity contribution in [3.63, 3.8) is 0 Å². The summed E-state index contributed by atoms with van der Waals surface area (Å²) in [6, 6.07) is 10.7. The molecule has 1 aliphatic rings. The van der Waals surface area contributed by atoms with E-state index in [1.165, 1.54) is 7.11 Å². The number of benzene rings is 1. The van der Waals surface area contributed by atoms with E-state index in [0.29, 0.717) is 29.9 Å². The number of amides is 1. The van der Waals surface area contributed by atoms with E-state index in [1.54, 1.807) is 41.3 Å². The molecule has 1 amide bonds. The van der Waals surface area contributed by atoms with Gasteiger partial charge in [-0.2, -0.15) is 0 Å². The summed E-state index contributed by atoms with van der Waals surface area (Å²) in [5.74, 6) is 0.821. The third-order valence-corrected chi connectivity index (χ3v) is 4.11. The van der Waals surface area contributed by atoms with Crippen LogP contribution in [0.25, 0.3) is 6.08 Å². The van der Waals surface area contributed by atoms with Crippen LogP contribution in [0.5, 0.6) is 11.8 Å². The Morgan fingerprint density at radius 1 is 1.20 bits per heavy atom. The first kappa shape index (κ1) is 17.2. The van der Waals surface area contributed by atoms with E-state index in [0.717, 1.165) is 12.0 Å². The molecule has 1 fully saturated rings. The zero-order valence-corrected chi connectivity index (χ0v) is 14.5. The van der Waals surface area contributed by atoms with Crippen molar-refractivity contribution in [1.29, 1.82) is 0 Å². The second-order valence-corrected chi connectivity index (χ2v) is 6.05. The van der Waals surface area contributed by atoms with Crippen LogP contribution in [0.3, 0.4) is 0 Å². The van der Waals surface area contributed by atoms with Crippen LogP contribution in [0.4, 0.5) is 0 Å². The maximum Gasteiger partial charge on any atom is 0.246 e. The molecular weight excluding hydrogens is 342 g/mol. The standard InChI is InChI=1S/C18H18ClN3O3/c1-24-16-7-8-17(21-20-16)25-15-10-11-22(12-15)18(23)9-4-13-2-5-14(19)6-3-13/h2-9,15H,10-12H2,1H3/b9-4+. The third kappa shape index (κ3) is 4.70. The van der Waals surface area contributed by atoms with E-state index in [4.69, 9.17) is 21.1 Å². The number of carbonyl (C=O) groups is 1. The molecule has 0 aliphatic carbocycles. The van der Waals surface area contributed by atoms with E-state index in [1.807, 2.05) is 12.1 Å². The molecule has 25 heavy (non-hydrogen) atoms. The van der Waals surface area contributed by atoms with Gasteiger partial charge in [0.1, 0.15) is 6.10 Å². The van der Waals surface area contributed by atoms with Crippen LogP contribution in [-0.2, 0) is 4.79 Å². The lowest BCUT2D eigenvalue weighted by atomic mass is 10.2. The van der Waals surface area contributed by atoms with Gasteiger partial charge in [-0.15, -0.1) is 10.2 Å². The lowest BCUT2D eigenvalue weighted by Crippen LogP contribution is -2.29. The molecule has 1 atom stereocenters. The summed E-state index contributed by atoms with van der Waals surface area (Å²) in [6.07, 6.45) is 4.02. The summed E-state index contributed by atoms with van der Waals surface area (Å²) < 4.78 is 10.7. The molecule has 1 aromatic heterocycles. The number of nitrogens with zero attached hydrogens (tertiary/aromatic N) is 3. The molecular formula is C18H18ClN3O3. The van der Waals surface area contributed by atoms with E-state index in [2.05, 4.69) is 10.2 Å². The number of likely N-dealkylation sites (tertiary alicyclic amines) is 1. The zero-order chi connectivity index (χ0) is 17.6. The van der Waals surface area contributed by atoms with Gasteiger partial charge in [-0.05, 0) is 23.8 Å². The number of hydrogen-bond donors (Lipinski definition) is 0. The fourth-order valence-electron chi connectivity index (χ4n) is 2.52. The Labute approximate surface area is 151 Å². The van der Waals surface area contributed by atoms with Gasteiger partial charge in [0.2, 0.25) is 17.7 Å². The SMILES string of the molecule is COc1ccc(OC2CCN(C(=O)/C=C/c3ccc(Cl)cc3)C2)nn1. The highest BCUT2D eigenvalue weighted by molar-refractivity contribution is 6.30. The van der Waals surface area contributed by atoms with Crippen molar-refractivity contribution in [2.24, 2.45) is 0 Å². The van der Waals surface area contributed by atoms with E-state index >= 15 is 0 Å². The maximum atomic E-state index is 12.3. The van der Waals surface area contributed by atoms with Crippen molar-refractivity contribution in [3.8, 4) is 11.8 Å². The molecule has 2 aromatic rings. The molecule has 1 unspecified atom stereocenters. The van der Waals surface area contributed by atoms with Gasteiger partial charge in [-0.25, -0.2) is 0 Å². The quantitative estimate of drug-likeness (QED) is 0.768. The summed E-state index contributed by atoms with van der Waals surface area (Å²) in [7, 11) is 1.53. The van der Waals surface area contributed by atoms with Crippen LogP contribution in [0.15, 0.2) is 42.5 Å². The fraction of sp³-hybridized carbons (Fsp3) is 0.278. The molecule has 1 saturated heterocycles. The Bertz CT molecular complexity index is 747. The van der Waals surface area contributed by atoms with Crippen LogP contribution >= 0.6 is 11.6 Å². The highest BCUT2D eigenvalue weighted by Gasteiger charge is 2.26.